The lowest BCUT2D eigenvalue weighted by atomic mass is 10.1. The molecule has 0 heterocycles. The van der Waals surface area contributed by atoms with Crippen molar-refractivity contribution in [1.29, 1.82) is 0 Å². The molecule has 3 atom stereocenters. The Bertz CT molecular complexity index is 372. The molecule has 0 aromatic heterocycles. The molecule has 7 heteroatoms. The Kier molecular flexibility index (Phi) is 6.27. The highest BCUT2D eigenvalue weighted by Crippen LogP contribution is 2.24. The molecule has 1 aliphatic carbocycles. The number of carbonyl (C=O) groups is 3. The van der Waals surface area contributed by atoms with E-state index in [1.165, 1.54) is 7.11 Å². The first-order valence-corrected chi connectivity index (χ1v) is 6.79. The zero-order chi connectivity index (χ0) is 15.1. The molecule has 0 aromatic rings. The molecular formula is C13H22N2O5. The van der Waals surface area contributed by atoms with Crippen LogP contribution in [0.4, 0.5) is 4.79 Å². The minimum atomic E-state index is -1.16. The molecule has 3 N–H and O–H groups in total. The summed E-state index contributed by atoms with van der Waals surface area (Å²) >= 11 is 0. The van der Waals surface area contributed by atoms with E-state index in [4.69, 9.17) is 5.11 Å². The Morgan fingerprint density at radius 2 is 2.05 bits per heavy atom. The molecule has 0 aliphatic heterocycles. The first-order valence-electron chi connectivity index (χ1n) is 6.79. The molecule has 7 nitrogen and oxygen atoms in total. The Morgan fingerprint density at radius 1 is 1.35 bits per heavy atom. The van der Waals surface area contributed by atoms with Gasteiger partial charge in [-0.2, -0.15) is 0 Å². The second kappa shape index (κ2) is 7.72. The molecule has 1 fully saturated rings. The number of carboxylic acids is 1. The van der Waals surface area contributed by atoms with Gasteiger partial charge in [-0.25, -0.2) is 9.59 Å². The van der Waals surface area contributed by atoms with Crippen LogP contribution in [0.3, 0.4) is 0 Å². The maximum atomic E-state index is 11.7. The maximum absolute atomic E-state index is 11.7. The van der Waals surface area contributed by atoms with Crippen molar-refractivity contribution >= 4 is 18.0 Å². The summed E-state index contributed by atoms with van der Waals surface area (Å²) < 4.78 is 4.44. The summed E-state index contributed by atoms with van der Waals surface area (Å²) in [6.45, 7) is 2.12. The van der Waals surface area contributed by atoms with Gasteiger partial charge >= 0.3 is 18.0 Å². The van der Waals surface area contributed by atoms with Crippen LogP contribution >= 0.6 is 0 Å². The smallest absolute Gasteiger partial charge is 0.326 e. The van der Waals surface area contributed by atoms with Crippen LogP contribution in [0.15, 0.2) is 0 Å². The molecule has 114 valence electrons. The molecule has 0 aromatic carbocycles. The fourth-order valence-corrected chi connectivity index (χ4v) is 2.35. The fourth-order valence-electron chi connectivity index (χ4n) is 2.35. The van der Waals surface area contributed by atoms with Crippen LogP contribution < -0.4 is 10.6 Å². The number of carbonyl (C=O) groups excluding carboxylic acids is 2. The number of urea groups is 1. The van der Waals surface area contributed by atoms with Gasteiger partial charge in [0.1, 0.15) is 6.04 Å². The van der Waals surface area contributed by atoms with Crippen LogP contribution in [-0.4, -0.2) is 42.3 Å². The standard InChI is InChI=1S/C13H22N2O5/c1-8-3-4-9(7-8)14-13(19)15-10(12(17)18)5-6-11(16)20-2/h8-10H,3-7H2,1-2H3,(H,17,18)(H2,14,15,19)/t8?,9?,10-/m0/s1. The molecule has 20 heavy (non-hydrogen) atoms. The molecule has 0 saturated heterocycles. The summed E-state index contributed by atoms with van der Waals surface area (Å²) in [6, 6.07) is -1.49. The quantitative estimate of drug-likeness (QED) is 0.629. The minimum Gasteiger partial charge on any atom is -0.480 e. The van der Waals surface area contributed by atoms with E-state index in [0.717, 1.165) is 19.3 Å². The molecule has 0 bridgehead atoms. The van der Waals surface area contributed by atoms with Crippen molar-refractivity contribution < 1.29 is 24.2 Å². The summed E-state index contributed by atoms with van der Waals surface area (Å²) in [6.07, 6.45) is 2.85. The second-order valence-corrected chi connectivity index (χ2v) is 5.24. The van der Waals surface area contributed by atoms with Crippen molar-refractivity contribution in [2.45, 2.75) is 51.1 Å². The predicted molar refractivity (Wildman–Crippen MR) is 71.1 cm³/mol. The van der Waals surface area contributed by atoms with Gasteiger partial charge in [0.25, 0.3) is 0 Å². The molecule has 1 rings (SSSR count). The van der Waals surface area contributed by atoms with Crippen LogP contribution in [0.25, 0.3) is 0 Å². The van der Waals surface area contributed by atoms with E-state index in [2.05, 4.69) is 22.3 Å². The van der Waals surface area contributed by atoms with Gasteiger partial charge in [-0.05, 0) is 31.6 Å². The lowest BCUT2D eigenvalue weighted by Crippen LogP contribution is -2.48. The third kappa shape index (κ3) is 5.46. The number of esters is 1. The van der Waals surface area contributed by atoms with Crippen molar-refractivity contribution in [3.63, 3.8) is 0 Å². The third-order valence-corrected chi connectivity index (χ3v) is 3.50. The van der Waals surface area contributed by atoms with Crippen molar-refractivity contribution in [3.8, 4) is 0 Å². The van der Waals surface area contributed by atoms with Crippen molar-refractivity contribution in [1.82, 2.24) is 10.6 Å². The average molecular weight is 286 g/mol. The number of hydrogen-bond donors (Lipinski definition) is 3. The van der Waals surface area contributed by atoms with Crippen LogP contribution in [0.1, 0.15) is 39.0 Å². The Hall–Kier alpha value is -1.79. The van der Waals surface area contributed by atoms with E-state index < -0.39 is 24.0 Å². The Labute approximate surface area is 118 Å². The number of carboxylic acid groups (broad SMARTS) is 1. The number of nitrogens with one attached hydrogen (secondary N) is 2. The first-order chi connectivity index (χ1) is 9.42. The van der Waals surface area contributed by atoms with Gasteiger partial charge < -0.3 is 20.5 Å². The minimum absolute atomic E-state index is 0.0104. The van der Waals surface area contributed by atoms with Crippen molar-refractivity contribution in [2.24, 2.45) is 5.92 Å². The third-order valence-electron chi connectivity index (χ3n) is 3.50. The summed E-state index contributed by atoms with van der Waals surface area (Å²) in [5.74, 6) is -1.08. The van der Waals surface area contributed by atoms with Gasteiger partial charge in [0.05, 0.1) is 7.11 Å². The molecule has 2 amide bonds. The fraction of sp³-hybridized carbons (Fsp3) is 0.769. The molecule has 1 aliphatic rings. The summed E-state index contributed by atoms with van der Waals surface area (Å²) in [5, 5.41) is 14.2. The molecule has 2 unspecified atom stereocenters. The van der Waals surface area contributed by atoms with E-state index in [1.54, 1.807) is 0 Å². The lowest BCUT2D eigenvalue weighted by molar-refractivity contribution is -0.142. The number of ether oxygens (including phenoxy) is 1. The summed E-state index contributed by atoms with van der Waals surface area (Å²) in [5.41, 5.74) is 0. The average Bonchev–Trinajstić information content (AvgIpc) is 2.78. The number of aliphatic carboxylic acids is 1. The van der Waals surface area contributed by atoms with Crippen molar-refractivity contribution in [3.05, 3.63) is 0 Å². The number of rotatable bonds is 6. The lowest BCUT2D eigenvalue weighted by Gasteiger charge is -2.17. The highest BCUT2D eigenvalue weighted by Gasteiger charge is 2.25. The van der Waals surface area contributed by atoms with E-state index in [-0.39, 0.29) is 18.9 Å². The van der Waals surface area contributed by atoms with Crippen LogP contribution in [0.2, 0.25) is 0 Å². The topological polar surface area (TPSA) is 105 Å². The van der Waals surface area contributed by atoms with Gasteiger partial charge in [-0.15, -0.1) is 0 Å². The highest BCUT2D eigenvalue weighted by molar-refractivity contribution is 5.83. The summed E-state index contributed by atoms with van der Waals surface area (Å²) in [7, 11) is 1.24. The van der Waals surface area contributed by atoms with Crippen molar-refractivity contribution in [2.75, 3.05) is 7.11 Å². The van der Waals surface area contributed by atoms with E-state index in [0.29, 0.717) is 5.92 Å². The zero-order valence-electron chi connectivity index (χ0n) is 11.8. The Balaban J connectivity index is 2.38. The predicted octanol–water partition coefficient (Wildman–Crippen LogP) is 0.881. The number of hydrogen-bond acceptors (Lipinski definition) is 4. The second-order valence-electron chi connectivity index (χ2n) is 5.24. The number of methoxy groups -OCH3 is 1. The molecule has 0 radical (unpaired) electrons. The largest absolute Gasteiger partial charge is 0.480 e. The zero-order valence-corrected chi connectivity index (χ0v) is 11.8. The van der Waals surface area contributed by atoms with Crippen LogP contribution in [0.5, 0.6) is 0 Å². The first kappa shape index (κ1) is 16.3. The highest BCUT2D eigenvalue weighted by atomic mass is 16.5. The van der Waals surface area contributed by atoms with E-state index in [1.807, 2.05) is 0 Å². The van der Waals surface area contributed by atoms with Crippen LogP contribution in [0, 0.1) is 5.92 Å². The van der Waals surface area contributed by atoms with Gasteiger partial charge in [-0.3, -0.25) is 4.79 Å². The SMILES string of the molecule is COC(=O)CC[C@H](NC(=O)NC1CCC(C)C1)C(=O)O. The Morgan fingerprint density at radius 3 is 2.55 bits per heavy atom. The molecular weight excluding hydrogens is 264 g/mol. The number of amides is 2. The maximum Gasteiger partial charge on any atom is 0.326 e. The van der Waals surface area contributed by atoms with Gasteiger partial charge in [0, 0.05) is 12.5 Å². The van der Waals surface area contributed by atoms with Gasteiger partial charge in [-0.1, -0.05) is 6.92 Å². The van der Waals surface area contributed by atoms with Gasteiger partial charge in [0.2, 0.25) is 0 Å². The van der Waals surface area contributed by atoms with Gasteiger partial charge in [0.15, 0.2) is 0 Å². The molecule has 1 saturated carbocycles. The normalized spacial score (nSPS) is 22.9. The summed E-state index contributed by atoms with van der Waals surface area (Å²) in [4.78, 5) is 33.8. The van der Waals surface area contributed by atoms with E-state index >= 15 is 0 Å². The van der Waals surface area contributed by atoms with E-state index in [9.17, 15) is 14.4 Å². The monoisotopic (exact) mass is 286 g/mol. The van der Waals surface area contributed by atoms with Crippen LogP contribution in [-0.2, 0) is 14.3 Å². The molecule has 0 spiro atoms.